The summed E-state index contributed by atoms with van der Waals surface area (Å²) in [5.74, 6) is 0. The first kappa shape index (κ1) is 12.1. The minimum Gasteiger partial charge on any atom is -0.366 e. The monoisotopic (exact) mass is 258 g/mol. The van der Waals surface area contributed by atoms with Gasteiger partial charge in [0.25, 0.3) is 5.69 Å². The molecule has 1 aliphatic rings. The predicted octanol–water partition coefficient (Wildman–Crippen LogP) is 3.19. The average Bonchev–Trinajstić information content (AvgIpc) is 2.30. The van der Waals surface area contributed by atoms with Crippen molar-refractivity contribution in [1.29, 1.82) is 0 Å². The summed E-state index contributed by atoms with van der Waals surface area (Å²) in [6.45, 7) is 1.01. The van der Waals surface area contributed by atoms with E-state index >= 15 is 0 Å². The van der Waals surface area contributed by atoms with E-state index in [2.05, 4.69) is 0 Å². The summed E-state index contributed by atoms with van der Waals surface area (Å²) in [6, 6.07) is 4.57. The average molecular weight is 259 g/mol. The van der Waals surface area contributed by atoms with Crippen LogP contribution < -0.4 is 4.90 Å². The fraction of sp³-hybridized carbons (Fsp3) is 0.455. The third-order valence-electron chi connectivity index (χ3n) is 2.90. The fourth-order valence-corrected chi connectivity index (χ4v) is 2.17. The quantitative estimate of drug-likeness (QED) is 0.605. The highest BCUT2D eigenvalue weighted by molar-refractivity contribution is 6.30. The molecule has 0 N–H and O–H groups in total. The molecule has 1 fully saturated rings. The second-order valence-corrected chi connectivity index (χ2v) is 4.49. The number of piperidine rings is 1. The Balaban J connectivity index is 2.28. The van der Waals surface area contributed by atoms with Gasteiger partial charge in [0.05, 0.1) is 4.92 Å². The zero-order valence-electron chi connectivity index (χ0n) is 9.10. The summed E-state index contributed by atoms with van der Waals surface area (Å²) in [5, 5.41) is 11.3. The molecule has 1 aromatic rings. The highest BCUT2D eigenvalue weighted by atomic mass is 35.5. The molecule has 6 heteroatoms. The molecule has 0 aliphatic carbocycles. The Hall–Kier alpha value is -1.36. The Labute approximate surface area is 103 Å². The first-order chi connectivity index (χ1) is 8.08. The van der Waals surface area contributed by atoms with Gasteiger partial charge < -0.3 is 4.90 Å². The van der Waals surface area contributed by atoms with Crippen LogP contribution in [0.15, 0.2) is 18.2 Å². The Morgan fingerprint density at radius 2 is 2.06 bits per heavy atom. The number of nitro groups is 1. The molecule has 1 aliphatic heterocycles. The number of halogens is 2. The Morgan fingerprint density at radius 1 is 1.41 bits per heavy atom. The fourth-order valence-electron chi connectivity index (χ4n) is 2.00. The van der Waals surface area contributed by atoms with E-state index in [1.54, 1.807) is 12.1 Å². The zero-order chi connectivity index (χ0) is 12.4. The van der Waals surface area contributed by atoms with Crippen LogP contribution in [-0.4, -0.2) is 24.2 Å². The molecule has 0 radical (unpaired) electrons. The van der Waals surface area contributed by atoms with Crippen LogP contribution in [0.4, 0.5) is 15.8 Å². The summed E-state index contributed by atoms with van der Waals surface area (Å²) in [7, 11) is 0. The van der Waals surface area contributed by atoms with Gasteiger partial charge in [-0.05, 0) is 25.0 Å². The van der Waals surface area contributed by atoms with Crippen molar-refractivity contribution < 1.29 is 9.31 Å². The normalized spacial score (nSPS) is 17.2. The van der Waals surface area contributed by atoms with E-state index in [0.717, 1.165) is 0 Å². The molecule has 17 heavy (non-hydrogen) atoms. The van der Waals surface area contributed by atoms with Crippen LogP contribution in [0, 0.1) is 10.1 Å². The minimum absolute atomic E-state index is 0.0187. The van der Waals surface area contributed by atoms with Gasteiger partial charge in [-0.1, -0.05) is 11.6 Å². The van der Waals surface area contributed by atoms with Crippen molar-refractivity contribution in [3.63, 3.8) is 0 Å². The Kier molecular flexibility index (Phi) is 3.47. The Morgan fingerprint density at radius 3 is 2.65 bits per heavy atom. The minimum atomic E-state index is -0.794. The molecule has 0 unspecified atom stereocenters. The van der Waals surface area contributed by atoms with E-state index < -0.39 is 11.1 Å². The van der Waals surface area contributed by atoms with E-state index in [1.807, 2.05) is 4.90 Å². The molecule has 92 valence electrons. The standard InChI is InChI=1S/C11H12ClFN2O2/c12-8-1-2-10(11(7-8)15(16)17)14-5-3-9(13)4-6-14/h1-2,7,9H,3-6H2. The SMILES string of the molecule is O=[N+]([O-])c1cc(Cl)ccc1N1CCC(F)CC1. The third kappa shape index (κ3) is 2.66. The number of anilines is 1. The lowest BCUT2D eigenvalue weighted by atomic mass is 10.1. The highest BCUT2D eigenvalue weighted by Crippen LogP contribution is 2.32. The molecule has 0 amide bonds. The van der Waals surface area contributed by atoms with Crippen molar-refractivity contribution in [2.75, 3.05) is 18.0 Å². The Bertz CT molecular complexity index is 433. The second-order valence-electron chi connectivity index (χ2n) is 4.05. The number of rotatable bonds is 2. The summed E-state index contributed by atoms with van der Waals surface area (Å²) in [4.78, 5) is 12.3. The summed E-state index contributed by atoms with van der Waals surface area (Å²) in [6.07, 6.45) is 0.0390. The molecule has 0 bridgehead atoms. The smallest absolute Gasteiger partial charge is 0.294 e. The molecule has 0 saturated carbocycles. The van der Waals surface area contributed by atoms with Crippen molar-refractivity contribution in [2.45, 2.75) is 19.0 Å². The molecule has 0 atom stereocenters. The topological polar surface area (TPSA) is 46.4 Å². The van der Waals surface area contributed by atoms with Crippen LogP contribution in [0.5, 0.6) is 0 Å². The first-order valence-electron chi connectivity index (χ1n) is 5.41. The summed E-state index contributed by atoms with van der Waals surface area (Å²) >= 11 is 5.74. The van der Waals surface area contributed by atoms with E-state index in [0.29, 0.717) is 36.6 Å². The number of hydrogen-bond donors (Lipinski definition) is 0. The maximum Gasteiger partial charge on any atom is 0.294 e. The number of benzene rings is 1. The number of nitrogens with zero attached hydrogens (tertiary/aromatic N) is 2. The van der Waals surface area contributed by atoms with Crippen LogP contribution in [-0.2, 0) is 0 Å². The third-order valence-corrected chi connectivity index (χ3v) is 3.13. The lowest BCUT2D eigenvalue weighted by Crippen LogP contribution is -2.34. The van der Waals surface area contributed by atoms with Crippen molar-refractivity contribution in [3.05, 3.63) is 33.3 Å². The van der Waals surface area contributed by atoms with E-state index in [-0.39, 0.29) is 5.69 Å². The van der Waals surface area contributed by atoms with Crippen LogP contribution in [0.25, 0.3) is 0 Å². The second kappa shape index (κ2) is 4.87. The largest absolute Gasteiger partial charge is 0.366 e. The zero-order valence-corrected chi connectivity index (χ0v) is 9.86. The van der Waals surface area contributed by atoms with Gasteiger partial charge in [-0.15, -0.1) is 0 Å². The van der Waals surface area contributed by atoms with E-state index in [9.17, 15) is 14.5 Å². The van der Waals surface area contributed by atoms with Crippen LogP contribution in [0.3, 0.4) is 0 Å². The van der Waals surface area contributed by atoms with Gasteiger partial charge in [-0.2, -0.15) is 0 Å². The summed E-state index contributed by atoms with van der Waals surface area (Å²) < 4.78 is 13.0. The van der Waals surface area contributed by atoms with Gasteiger partial charge in [-0.25, -0.2) is 4.39 Å². The molecular weight excluding hydrogens is 247 g/mol. The molecule has 2 rings (SSSR count). The highest BCUT2D eigenvalue weighted by Gasteiger charge is 2.24. The van der Waals surface area contributed by atoms with Crippen molar-refractivity contribution in [3.8, 4) is 0 Å². The molecular formula is C11H12ClFN2O2. The maximum atomic E-state index is 13.0. The van der Waals surface area contributed by atoms with Gasteiger partial charge in [-0.3, -0.25) is 10.1 Å². The molecule has 1 saturated heterocycles. The van der Waals surface area contributed by atoms with Crippen LogP contribution in [0.2, 0.25) is 5.02 Å². The van der Waals surface area contributed by atoms with Gasteiger partial charge in [0.2, 0.25) is 0 Å². The number of alkyl halides is 1. The predicted molar refractivity (Wildman–Crippen MR) is 64.4 cm³/mol. The number of hydrogen-bond acceptors (Lipinski definition) is 3. The van der Waals surface area contributed by atoms with Crippen LogP contribution >= 0.6 is 11.6 Å². The van der Waals surface area contributed by atoms with Gasteiger partial charge in [0.15, 0.2) is 0 Å². The van der Waals surface area contributed by atoms with Crippen molar-refractivity contribution in [1.82, 2.24) is 0 Å². The van der Waals surface area contributed by atoms with Crippen molar-refractivity contribution in [2.24, 2.45) is 0 Å². The van der Waals surface area contributed by atoms with E-state index in [4.69, 9.17) is 11.6 Å². The van der Waals surface area contributed by atoms with Gasteiger partial charge >= 0.3 is 0 Å². The van der Waals surface area contributed by atoms with Gasteiger partial charge in [0, 0.05) is 24.2 Å². The summed E-state index contributed by atoms with van der Waals surface area (Å²) in [5.41, 5.74) is 0.501. The van der Waals surface area contributed by atoms with Crippen LogP contribution in [0.1, 0.15) is 12.8 Å². The molecule has 4 nitrogen and oxygen atoms in total. The number of nitro benzene ring substituents is 1. The molecule has 1 heterocycles. The first-order valence-corrected chi connectivity index (χ1v) is 5.78. The molecule has 1 aromatic carbocycles. The molecule has 0 aromatic heterocycles. The van der Waals surface area contributed by atoms with Crippen molar-refractivity contribution >= 4 is 23.0 Å². The van der Waals surface area contributed by atoms with E-state index in [1.165, 1.54) is 6.07 Å². The molecule has 0 spiro atoms. The maximum absolute atomic E-state index is 13.0. The lowest BCUT2D eigenvalue weighted by Gasteiger charge is -2.30. The van der Waals surface area contributed by atoms with Gasteiger partial charge in [0.1, 0.15) is 11.9 Å². The lowest BCUT2D eigenvalue weighted by molar-refractivity contribution is -0.384.